The fraction of sp³-hybridized carbons (Fsp3) is 0.588. The van der Waals surface area contributed by atoms with E-state index >= 15 is 0 Å². The van der Waals surface area contributed by atoms with Crippen LogP contribution in [-0.2, 0) is 14.3 Å². The Morgan fingerprint density at radius 2 is 2.08 bits per heavy atom. The Balaban J connectivity index is 1.95. The Bertz CT molecular complexity index is 609. The first-order valence-electron chi connectivity index (χ1n) is 8.42. The molecule has 1 unspecified atom stereocenters. The van der Waals surface area contributed by atoms with Gasteiger partial charge < -0.3 is 25.4 Å². The second-order valence-corrected chi connectivity index (χ2v) is 6.09. The number of aliphatic hydroxyl groups is 2. The van der Waals surface area contributed by atoms with Crippen molar-refractivity contribution >= 4 is 11.9 Å². The van der Waals surface area contributed by atoms with Crippen LogP contribution < -0.4 is 10.3 Å². The summed E-state index contributed by atoms with van der Waals surface area (Å²) in [5.74, 6) is -0.967. The van der Waals surface area contributed by atoms with Crippen LogP contribution in [0.1, 0.15) is 49.2 Å². The summed E-state index contributed by atoms with van der Waals surface area (Å²) < 4.78 is 12.2. The third-order valence-electron chi connectivity index (χ3n) is 4.13. The number of nitrogens with zero attached hydrogens (tertiary/aromatic N) is 1. The van der Waals surface area contributed by atoms with Crippen molar-refractivity contribution < 1.29 is 33.8 Å². The molecule has 4 atom stereocenters. The summed E-state index contributed by atoms with van der Waals surface area (Å²) in [7, 11) is 0. The Hall–Kier alpha value is -2.03. The van der Waals surface area contributed by atoms with E-state index < -0.39 is 30.4 Å². The highest BCUT2D eigenvalue weighted by atomic mass is 16.6. The van der Waals surface area contributed by atoms with Crippen LogP contribution in [0.2, 0.25) is 0 Å². The normalized spacial score (nSPS) is 25.7. The summed E-state index contributed by atoms with van der Waals surface area (Å²) in [6.45, 7) is 1.90. The third-order valence-corrected chi connectivity index (χ3v) is 4.13. The van der Waals surface area contributed by atoms with Crippen LogP contribution in [0, 0.1) is 0 Å². The van der Waals surface area contributed by atoms with E-state index in [1.54, 1.807) is 12.3 Å². The van der Waals surface area contributed by atoms with E-state index in [2.05, 4.69) is 0 Å². The summed E-state index contributed by atoms with van der Waals surface area (Å²) in [6.07, 6.45) is 1.86. The number of nitrogens with two attached hydrogens (primary N) is 1. The largest absolute Gasteiger partial charge is 0.463 e. The lowest BCUT2D eigenvalue weighted by Crippen LogP contribution is -2.46. The van der Waals surface area contributed by atoms with Crippen LogP contribution in [0.25, 0.3) is 0 Å². The van der Waals surface area contributed by atoms with Gasteiger partial charge in [0.2, 0.25) is 0 Å². The Morgan fingerprint density at radius 1 is 1.32 bits per heavy atom. The number of hydrogen-bond donors (Lipinski definition) is 3. The number of carbonyl (C=O) groups excluding carboxylic acids is 2. The second-order valence-electron chi connectivity index (χ2n) is 6.09. The van der Waals surface area contributed by atoms with Gasteiger partial charge in [-0.05, 0) is 12.5 Å². The zero-order chi connectivity index (χ0) is 18.4. The highest BCUT2D eigenvalue weighted by molar-refractivity contribution is 5.92. The maximum absolute atomic E-state index is 11.7. The van der Waals surface area contributed by atoms with Crippen LogP contribution in [-0.4, -0.2) is 47.0 Å². The SMILES string of the molecule is CCCCCC(=O)OCC1O[C@@H]([n+]2cccc(C(N)=O)c2)[C@H](O)[C@@H]1O. The average Bonchev–Trinajstić information content (AvgIpc) is 2.88. The van der Waals surface area contributed by atoms with Crippen molar-refractivity contribution in [1.29, 1.82) is 0 Å². The number of amides is 1. The van der Waals surface area contributed by atoms with Gasteiger partial charge in [-0.15, -0.1) is 0 Å². The second kappa shape index (κ2) is 8.89. The molecule has 1 aliphatic heterocycles. The summed E-state index contributed by atoms with van der Waals surface area (Å²) >= 11 is 0. The van der Waals surface area contributed by atoms with Gasteiger partial charge in [0, 0.05) is 12.5 Å². The maximum atomic E-state index is 11.7. The van der Waals surface area contributed by atoms with Gasteiger partial charge in [-0.3, -0.25) is 9.59 Å². The van der Waals surface area contributed by atoms with E-state index in [1.807, 2.05) is 6.92 Å². The monoisotopic (exact) mass is 353 g/mol. The molecule has 1 saturated heterocycles. The minimum atomic E-state index is -1.23. The number of pyridine rings is 1. The molecule has 1 fully saturated rings. The molecule has 0 spiro atoms. The smallest absolute Gasteiger partial charge is 0.305 e. The number of rotatable bonds is 8. The topological polar surface area (TPSA) is 123 Å². The number of aromatic nitrogens is 1. The fourth-order valence-corrected chi connectivity index (χ4v) is 2.68. The molecule has 8 heteroatoms. The molecule has 2 rings (SSSR count). The molecule has 0 radical (unpaired) electrons. The molecule has 0 aliphatic carbocycles. The molecule has 8 nitrogen and oxygen atoms in total. The molecular weight excluding hydrogens is 328 g/mol. The summed E-state index contributed by atoms with van der Waals surface area (Å²) in [6, 6.07) is 3.12. The lowest BCUT2D eigenvalue weighted by atomic mass is 10.1. The number of carbonyl (C=O) groups is 2. The molecule has 138 valence electrons. The van der Waals surface area contributed by atoms with Crippen molar-refractivity contribution in [3.05, 3.63) is 30.1 Å². The van der Waals surface area contributed by atoms with Crippen molar-refractivity contribution in [1.82, 2.24) is 0 Å². The molecule has 0 bridgehead atoms. The number of aliphatic hydroxyl groups excluding tert-OH is 2. The van der Waals surface area contributed by atoms with E-state index in [0.29, 0.717) is 6.42 Å². The molecule has 2 heterocycles. The van der Waals surface area contributed by atoms with Crippen LogP contribution in [0.15, 0.2) is 24.5 Å². The Kier molecular flexibility index (Phi) is 6.86. The minimum Gasteiger partial charge on any atom is -0.463 e. The van der Waals surface area contributed by atoms with Gasteiger partial charge in [-0.25, -0.2) is 0 Å². The standard InChI is InChI=1S/C17H24N2O6/c1-2-3-4-7-13(20)24-10-12-14(21)15(22)17(25-12)19-8-5-6-11(9-19)16(18)23/h5-6,8-9,12,14-15,17,21-22H,2-4,7,10H2,1H3,(H-,18,23)/p+1/t12?,14-,15-,17-/m1/s1. The van der Waals surface area contributed by atoms with Crippen LogP contribution in [0.5, 0.6) is 0 Å². The van der Waals surface area contributed by atoms with Crippen molar-refractivity contribution in [2.24, 2.45) is 5.73 Å². The Morgan fingerprint density at radius 3 is 2.76 bits per heavy atom. The number of unbranched alkanes of at least 4 members (excludes halogenated alkanes) is 2. The zero-order valence-electron chi connectivity index (χ0n) is 14.2. The first-order chi connectivity index (χ1) is 11.9. The van der Waals surface area contributed by atoms with Crippen LogP contribution in [0.3, 0.4) is 0 Å². The lowest BCUT2D eigenvalue weighted by molar-refractivity contribution is -0.765. The molecule has 1 aromatic rings. The highest BCUT2D eigenvalue weighted by Gasteiger charge is 2.48. The van der Waals surface area contributed by atoms with Crippen LogP contribution in [0.4, 0.5) is 0 Å². The van der Waals surface area contributed by atoms with Crippen LogP contribution >= 0.6 is 0 Å². The van der Waals surface area contributed by atoms with E-state index in [-0.39, 0.29) is 18.1 Å². The molecular formula is C17H25N2O6+. The maximum Gasteiger partial charge on any atom is 0.305 e. The zero-order valence-corrected chi connectivity index (χ0v) is 14.2. The first-order valence-corrected chi connectivity index (χ1v) is 8.42. The van der Waals surface area contributed by atoms with E-state index in [4.69, 9.17) is 15.2 Å². The van der Waals surface area contributed by atoms with Gasteiger partial charge in [0.25, 0.3) is 12.1 Å². The van der Waals surface area contributed by atoms with Crippen molar-refractivity contribution in [3.8, 4) is 0 Å². The summed E-state index contributed by atoms with van der Waals surface area (Å²) in [4.78, 5) is 22.9. The molecule has 0 saturated carbocycles. The molecule has 1 aromatic heterocycles. The van der Waals surface area contributed by atoms with Crippen molar-refractivity contribution in [2.45, 2.75) is 57.1 Å². The fourth-order valence-electron chi connectivity index (χ4n) is 2.68. The first kappa shape index (κ1) is 19.3. The number of esters is 1. The van der Waals surface area contributed by atoms with Gasteiger partial charge in [-0.1, -0.05) is 19.8 Å². The molecule has 1 aliphatic rings. The third kappa shape index (κ3) is 4.97. The van der Waals surface area contributed by atoms with E-state index in [0.717, 1.165) is 19.3 Å². The number of ether oxygens (including phenoxy) is 2. The Labute approximate surface area is 146 Å². The quantitative estimate of drug-likeness (QED) is 0.338. The predicted molar refractivity (Wildman–Crippen MR) is 86.2 cm³/mol. The number of hydrogen-bond acceptors (Lipinski definition) is 6. The lowest BCUT2D eigenvalue weighted by Gasteiger charge is -2.13. The van der Waals surface area contributed by atoms with E-state index in [1.165, 1.54) is 16.8 Å². The van der Waals surface area contributed by atoms with Gasteiger partial charge in [0.05, 0.1) is 0 Å². The number of primary amides is 1. The predicted octanol–water partition coefficient (Wildman–Crippen LogP) is -0.184. The summed E-state index contributed by atoms with van der Waals surface area (Å²) in [5, 5.41) is 20.3. The van der Waals surface area contributed by atoms with Gasteiger partial charge >= 0.3 is 5.97 Å². The van der Waals surface area contributed by atoms with Gasteiger partial charge in [-0.2, -0.15) is 4.57 Å². The van der Waals surface area contributed by atoms with Gasteiger partial charge in [0.1, 0.15) is 24.4 Å². The minimum absolute atomic E-state index is 0.143. The average molecular weight is 353 g/mol. The molecule has 25 heavy (non-hydrogen) atoms. The highest BCUT2D eigenvalue weighted by Crippen LogP contribution is 2.25. The van der Waals surface area contributed by atoms with Crippen molar-refractivity contribution in [2.75, 3.05) is 6.61 Å². The van der Waals surface area contributed by atoms with Crippen molar-refractivity contribution in [3.63, 3.8) is 0 Å². The molecule has 1 amide bonds. The van der Waals surface area contributed by atoms with Gasteiger partial charge in [0.15, 0.2) is 18.5 Å². The van der Waals surface area contributed by atoms with E-state index in [9.17, 15) is 19.8 Å². The summed E-state index contributed by atoms with van der Waals surface area (Å²) in [5.41, 5.74) is 5.49. The molecule has 4 N–H and O–H groups in total. The molecule has 0 aromatic carbocycles.